The summed E-state index contributed by atoms with van der Waals surface area (Å²) in [7, 11) is 1.43. The van der Waals surface area contributed by atoms with Crippen molar-refractivity contribution in [3.63, 3.8) is 0 Å². The first-order valence-corrected chi connectivity index (χ1v) is 14.7. The number of hydrogen-bond donors (Lipinski definition) is 0. The first kappa shape index (κ1) is 25.9. The summed E-state index contributed by atoms with van der Waals surface area (Å²) in [6.07, 6.45) is 6.52. The molecular formula is C28H28AsN5O4. The van der Waals surface area contributed by atoms with E-state index in [0.29, 0.717) is 24.3 Å². The fourth-order valence-corrected chi connectivity index (χ4v) is 6.30. The Balaban J connectivity index is 1.37. The zero-order valence-corrected chi connectivity index (χ0v) is 23.2. The molecule has 10 heteroatoms. The number of carbonyl (C=O) groups excluding carboxylic acids is 2. The molecule has 2 heterocycles. The summed E-state index contributed by atoms with van der Waals surface area (Å²) in [5.41, 5.74) is 3.52. The van der Waals surface area contributed by atoms with Gasteiger partial charge >= 0.3 is 228 Å². The topological polar surface area (TPSA) is 109 Å². The predicted octanol–water partition coefficient (Wildman–Crippen LogP) is 1.63. The first-order chi connectivity index (χ1) is 18.5. The Morgan fingerprint density at radius 1 is 1.13 bits per heavy atom. The molecule has 1 saturated carbocycles. The van der Waals surface area contributed by atoms with Gasteiger partial charge in [-0.2, -0.15) is 0 Å². The van der Waals surface area contributed by atoms with Gasteiger partial charge in [0.2, 0.25) is 0 Å². The minimum absolute atomic E-state index is 0.0155. The van der Waals surface area contributed by atoms with E-state index in [-0.39, 0.29) is 18.0 Å². The summed E-state index contributed by atoms with van der Waals surface area (Å²) in [5.74, 6) is -0.628. The molecule has 0 spiro atoms. The third-order valence-electron chi connectivity index (χ3n) is 6.69. The van der Waals surface area contributed by atoms with Crippen LogP contribution in [0.1, 0.15) is 40.0 Å². The van der Waals surface area contributed by atoms with Crippen LogP contribution < -0.4 is 13.9 Å². The second-order valence-corrected chi connectivity index (χ2v) is 11.9. The summed E-state index contributed by atoms with van der Waals surface area (Å²) in [6.45, 7) is 2.75. The third kappa shape index (κ3) is 5.88. The van der Waals surface area contributed by atoms with Crippen molar-refractivity contribution in [1.82, 2.24) is 14.9 Å². The minimum atomic E-state index is -0.928. The maximum absolute atomic E-state index is 13.1. The number of nitriles is 1. The van der Waals surface area contributed by atoms with Crippen molar-refractivity contribution in [2.24, 2.45) is 0 Å². The van der Waals surface area contributed by atoms with Gasteiger partial charge in [-0.15, -0.1) is 0 Å². The number of nitrogens with zero attached hydrogens (tertiary/aromatic N) is 5. The molecule has 0 radical (unpaired) electrons. The maximum atomic E-state index is 13.1. The van der Waals surface area contributed by atoms with Crippen molar-refractivity contribution in [2.75, 3.05) is 38.3 Å². The number of aromatic nitrogens is 2. The number of amides is 1. The van der Waals surface area contributed by atoms with Crippen molar-refractivity contribution in [1.29, 1.82) is 5.26 Å². The van der Waals surface area contributed by atoms with Crippen LogP contribution in [-0.2, 0) is 9.47 Å². The van der Waals surface area contributed by atoms with E-state index in [0.717, 1.165) is 63.2 Å². The van der Waals surface area contributed by atoms with Crippen molar-refractivity contribution in [2.45, 2.75) is 25.4 Å². The zero-order valence-electron chi connectivity index (χ0n) is 21.1. The molecule has 2 aromatic carbocycles. The van der Waals surface area contributed by atoms with Crippen LogP contribution in [0.3, 0.4) is 0 Å². The molecule has 1 aromatic heterocycles. The number of esters is 1. The zero-order chi connectivity index (χ0) is 26.5. The Morgan fingerprint density at radius 2 is 1.89 bits per heavy atom. The number of ether oxygens (including phenoxy) is 2. The molecule has 0 bridgehead atoms. The average molecular weight is 573 g/mol. The van der Waals surface area contributed by atoms with Crippen LogP contribution >= 0.6 is 0 Å². The quantitative estimate of drug-likeness (QED) is 0.182. The molecule has 9 nitrogen and oxygen atoms in total. The van der Waals surface area contributed by atoms with Crippen molar-refractivity contribution in [3.05, 3.63) is 65.9 Å². The number of carbonyl (C=O) groups is 2. The predicted molar refractivity (Wildman–Crippen MR) is 144 cm³/mol. The van der Waals surface area contributed by atoms with E-state index in [1.54, 1.807) is 18.3 Å². The number of benzene rings is 2. The van der Waals surface area contributed by atoms with Gasteiger partial charge in [-0.25, -0.2) is 0 Å². The van der Waals surface area contributed by atoms with Gasteiger partial charge in [0, 0.05) is 0 Å². The Morgan fingerprint density at radius 3 is 2.58 bits per heavy atom. The summed E-state index contributed by atoms with van der Waals surface area (Å²) in [6, 6.07) is 14.9. The molecule has 0 N–H and O–H groups in total. The molecule has 1 aliphatic carbocycles. The molecule has 1 saturated heterocycles. The Kier molecular flexibility index (Phi) is 8.02. The number of hydrogen-bond acceptors (Lipinski definition) is 8. The fraction of sp³-hybridized carbons (Fsp3) is 0.321. The van der Waals surface area contributed by atoms with Gasteiger partial charge in [0.25, 0.3) is 0 Å². The summed E-state index contributed by atoms with van der Waals surface area (Å²) < 4.78 is 13.1. The van der Waals surface area contributed by atoms with Crippen LogP contribution in [0.25, 0.3) is 11.3 Å². The van der Waals surface area contributed by atoms with Gasteiger partial charge in [0.05, 0.1) is 0 Å². The first-order valence-electron chi connectivity index (χ1n) is 12.6. The number of morpholine rings is 1. The van der Waals surface area contributed by atoms with Crippen molar-refractivity contribution < 1.29 is 19.1 Å². The van der Waals surface area contributed by atoms with Gasteiger partial charge in [-0.1, -0.05) is 0 Å². The molecule has 3 aromatic rings. The Labute approximate surface area is 228 Å². The molecule has 1 amide bonds. The molecule has 5 rings (SSSR count). The van der Waals surface area contributed by atoms with E-state index in [2.05, 4.69) is 16.0 Å². The van der Waals surface area contributed by atoms with Gasteiger partial charge in [0.1, 0.15) is 0 Å². The van der Waals surface area contributed by atoms with E-state index in [1.165, 1.54) is 7.05 Å². The normalized spacial score (nSPS) is 15.6. The van der Waals surface area contributed by atoms with E-state index in [4.69, 9.17) is 19.7 Å². The third-order valence-corrected chi connectivity index (χ3v) is 8.92. The molecule has 1 unspecified atom stereocenters. The van der Waals surface area contributed by atoms with E-state index >= 15 is 0 Å². The molecule has 194 valence electrons. The monoisotopic (exact) mass is 573 g/mol. The van der Waals surface area contributed by atoms with Crippen LogP contribution in [-0.4, -0.2) is 82.0 Å². The summed E-state index contributed by atoms with van der Waals surface area (Å²) >= 11 is -0.928. The Bertz CT molecular complexity index is 1360. The molecular weight excluding hydrogens is 545 g/mol. The standard InChI is InChI=1S/C28H28AsN5O4/c1-33(18-30)26(35)20-7-5-19(6-8-20)24-11-12-31-28(32-24)29-21-9-10-25(34-13-15-37-16-14-34)23(17-21)27(36)38-22-3-2-4-22/h5-12,17,22,29H,2-4,13-16H2,1H3. The Hall–Kier alpha value is -3.73. The van der Waals surface area contributed by atoms with Gasteiger partial charge in [-0.05, 0) is 0 Å². The molecule has 38 heavy (non-hydrogen) atoms. The van der Waals surface area contributed by atoms with Crippen LogP contribution in [0.2, 0.25) is 0 Å². The number of anilines is 1. The average Bonchev–Trinajstić information content (AvgIpc) is 2.94. The molecule has 2 fully saturated rings. The van der Waals surface area contributed by atoms with E-state index < -0.39 is 15.8 Å². The second kappa shape index (κ2) is 11.8. The van der Waals surface area contributed by atoms with Gasteiger partial charge in [0.15, 0.2) is 0 Å². The molecule has 1 aliphatic heterocycles. The summed E-state index contributed by atoms with van der Waals surface area (Å²) in [4.78, 5) is 37.8. The van der Waals surface area contributed by atoms with Crippen molar-refractivity contribution >= 4 is 42.3 Å². The van der Waals surface area contributed by atoms with Crippen LogP contribution in [0, 0.1) is 11.5 Å². The van der Waals surface area contributed by atoms with Gasteiger partial charge in [-0.3, -0.25) is 0 Å². The molecule has 2 aliphatic rings. The van der Waals surface area contributed by atoms with Gasteiger partial charge < -0.3 is 0 Å². The van der Waals surface area contributed by atoms with Crippen molar-refractivity contribution in [3.8, 4) is 17.5 Å². The summed E-state index contributed by atoms with van der Waals surface area (Å²) in [5, 5.41) is 8.94. The molecule has 1 atom stereocenters. The van der Waals surface area contributed by atoms with Crippen LogP contribution in [0.15, 0.2) is 54.7 Å². The van der Waals surface area contributed by atoms with Crippen LogP contribution in [0.5, 0.6) is 0 Å². The second-order valence-electron chi connectivity index (χ2n) is 9.22. The van der Waals surface area contributed by atoms with E-state index in [1.807, 2.05) is 36.5 Å². The van der Waals surface area contributed by atoms with Crippen LogP contribution in [0.4, 0.5) is 5.69 Å². The van der Waals surface area contributed by atoms with E-state index in [9.17, 15) is 9.59 Å². The fourth-order valence-electron chi connectivity index (χ4n) is 4.29. The SMILES string of the molecule is CN(C#N)C(=O)c1ccc(-c2ccnc([AsH]c3ccc(N4CCOCC4)c(C(=O)OC4CCC4)c3)n2)cc1. The number of rotatable bonds is 7.